The SMILES string of the molecule is CNC1COCC1C(=O)NCC(=O)N1CCCC1. The Kier molecular flexibility index (Phi) is 4.54. The summed E-state index contributed by atoms with van der Waals surface area (Å²) in [5.41, 5.74) is 0. The van der Waals surface area contributed by atoms with Crippen molar-refractivity contribution in [1.82, 2.24) is 15.5 Å². The van der Waals surface area contributed by atoms with E-state index in [0.29, 0.717) is 13.2 Å². The summed E-state index contributed by atoms with van der Waals surface area (Å²) in [5.74, 6) is -0.276. The zero-order chi connectivity index (χ0) is 13.0. The Bertz CT molecular complexity index is 316. The van der Waals surface area contributed by atoms with E-state index in [1.165, 1.54) is 0 Å². The number of hydrogen-bond donors (Lipinski definition) is 2. The molecule has 2 unspecified atom stereocenters. The molecule has 102 valence electrons. The molecular formula is C12H21N3O3. The molecule has 0 bridgehead atoms. The monoisotopic (exact) mass is 255 g/mol. The van der Waals surface area contributed by atoms with Crippen molar-refractivity contribution < 1.29 is 14.3 Å². The molecule has 2 aliphatic heterocycles. The van der Waals surface area contributed by atoms with Crippen molar-refractivity contribution in [3.63, 3.8) is 0 Å². The van der Waals surface area contributed by atoms with Crippen molar-refractivity contribution >= 4 is 11.8 Å². The standard InChI is InChI=1S/C12H21N3O3/c1-13-10-8-18-7-9(10)12(17)14-6-11(16)15-4-2-3-5-15/h9-10,13H,2-8H2,1H3,(H,14,17). The summed E-state index contributed by atoms with van der Waals surface area (Å²) < 4.78 is 5.27. The molecule has 2 amide bonds. The summed E-state index contributed by atoms with van der Waals surface area (Å²) in [6.45, 7) is 2.72. The summed E-state index contributed by atoms with van der Waals surface area (Å²) in [6, 6.07) is 0.0480. The third kappa shape index (κ3) is 3.00. The first-order chi connectivity index (χ1) is 8.72. The summed E-state index contributed by atoms with van der Waals surface area (Å²) in [4.78, 5) is 25.5. The van der Waals surface area contributed by atoms with Crippen LogP contribution in [-0.2, 0) is 14.3 Å². The molecule has 18 heavy (non-hydrogen) atoms. The maximum absolute atomic E-state index is 11.9. The second-order valence-corrected chi connectivity index (χ2v) is 4.84. The first-order valence-electron chi connectivity index (χ1n) is 6.53. The number of likely N-dealkylation sites (N-methyl/N-ethyl adjacent to an activating group) is 1. The van der Waals surface area contributed by atoms with Gasteiger partial charge in [-0.15, -0.1) is 0 Å². The van der Waals surface area contributed by atoms with Gasteiger partial charge in [0.05, 0.1) is 25.7 Å². The lowest BCUT2D eigenvalue weighted by Crippen LogP contribution is -2.46. The number of hydrogen-bond acceptors (Lipinski definition) is 4. The number of carbonyl (C=O) groups is 2. The fourth-order valence-electron chi connectivity index (χ4n) is 2.47. The predicted molar refractivity (Wildman–Crippen MR) is 66.0 cm³/mol. The molecule has 0 aromatic heterocycles. The van der Waals surface area contributed by atoms with Crippen LogP contribution >= 0.6 is 0 Å². The summed E-state index contributed by atoms with van der Waals surface area (Å²) in [5, 5.41) is 5.77. The van der Waals surface area contributed by atoms with Gasteiger partial charge in [-0.25, -0.2) is 0 Å². The molecule has 6 nitrogen and oxygen atoms in total. The van der Waals surface area contributed by atoms with Crippen molar-refractivity contribution in [1.29, 1.82) is 0 Å². The van der Waals surface area contributed by atoms with Crippen molar-refractivity contribution in [3.8, 4) is 0 Å². The quantitative estimate of drug-likeness (QED) is 0.673. The fraction of sp³-hybridized carbons (Fsp3) is 0.833. The topological polar surface area (TPSA) is 70.7 Å². The molecule has 2 saturated heterocycles. The zero-order valence-corrected chi connectivity index (χ0v) is 10.8. The molecule has 2 atom stereocenters. The lowest BCUT2D eigenvalue weighted by molar-refractivity contribution is -0.133. The number of carbonyl (C=O) groups excluding carboxylic acids is 2. The highest BCUT2D eigenvalue weighted by molar-refractivity contribution is 5.86. The van der Waals surface area contributed by atoms with Crippen LogP contribution in [0.15, 0.2) is 0 Å². The van der Waals surface area contributed by atoms with Gasteiger partial charge in [0.2, 0.25) is 11.8 Å². The molecule has 0 aromatic carbocycles. The third-order valence-corrected chi connectivity index (χ3v) is 3.66. The Labute approximate surface area is 107 Å². The minimum atomic E-state index is -0.193. The van der Waals surface area contributed by atoms with Crippen molar-refractivity contribution in [2.45, 2.75) is 18.9 Å². The molecule has 0 aliphatic carbocycles. The molecule has 0 spiro atoms. The fourth-order valence-corrected chi connectivity index (χ4v) is 2.47. The number of likely N-dealkylation sites (tertiary alicyclic amines) is 1. The van der Waals surface area contributed by atoms with Crippen LogP contribution in [0.3, 0.4) is 0 Å². The normalized spacial score (nSPS) is 27.5. The lowest BCUT2D eigenvalue weighted by Gasteiger charge is -2.18. The second kappa shape index (κ2) is 6.15. The van der Waals surface area contributed by atoms with Crippen LogP contribution in [0.5, 0.6) is 0 Å². The molecule has 2 heterocycles. The van der Waals surface area contributed by atoms with Gasteiger partial charge >= 0.3 is 0 Å². The Morgan fingerprint density at radius 2 is 2.00 bits per heavy atom. The minimum absolute atomic E-state index is 0.0146. The molecular weight excluding hydrogens is 234 g/mol. The molecule has 2 rings (SSSR count). The number of rotatable bonds is 4. The van der Waals surface area contributed by atoms with Gasteiger partial charge in [-0.2, -0.15) is 0 Å². The lowest BCUT2D eigenvalue weighted by atomic mass is 10.0. The average Bonchev–Trinajstić information content (AvgIpc) is 3.04. The van der Waals surface area contributed by atoms with E-state index in [0.717, 1.165) is 25.9 Å². The summed E-state index contributed by atoms with van der Waals surface area (Å²) in [6.07, 6.45) is 2.13. The molecule has 0 aromatic rings. The first-order valence-corrected chi connectivity index (χ1v) is 6.53. The van der Waals surface area contributed by atoms with Gasteiger partial charge in [-0.1, -0.05) is 0 Å². The van der Waals surface area contributed by atoms with Gasteiger partial charge in [0, 0.05) is 19.1 Å². The maximum atomic E-state index is 11.9. The van der Waals surface area contributed by atoms with E-state index >= 15 is 0 Å². The van der Waals surface area contributed by atoms with E-state index in [-0.39, 0.29) is 30.3 Å². The van der Waals surface area contributed by atoms with Gasteiger partial charge in [0.1, 0.15) is 0 Å². The van der Waals surface area contributed by atoms with Crippen LogP contribution in [0, 0.1) is 5.92 Å². The largest absolute Gasteiger partial charge is 0.379 e. The van der Waals surface area contributed by atoms with Crippen molar-refractivity contribution in [2.24, 2.45) is 5.92 Å². The highest BCUT2D eigenvalue weighted by Gasteiger charge is 2.33. The Morgan fingerprint density at radius 1 is 1.28 bits per heavy atom. The Hall–Kier alpha value is -1.14. The summed E-state index contributed by atoms with van der Waals surface area (Å²) in [7, 11) is 1.81. The van der Waals surface area contributed by atoms with Gasteiger partial charge < -0.3 is 20.3 Å². The molecule has 6 heteroatoms. The molecule has 2 fully saturated rings. The Morgan fingerprint density at radius 3 is 2.67 bits per heavy atom. The number of nitrogens with zero attached hydrogens (tertiary/aromatic N) is 1. The van der Waals surface area contributed by atoms with Crippen LogP contribution in [0.4, 0.5) is 0 Å². The van der Waals surface area contributed by atoms with Crippen molar-refractivity contribution in [3.05, 3.63) is 0 Å². The minimum Gasteiger partial charge on any atom is -0.379 e. The highest BCUT2D eigenvalue weighted by atomic mass is 16.5. The zero-order valence-electron chi connectivity index (χ0n) is 10.8. The highest BCUT2D eigenvalue weighted by Crippen LogP contribution is 2.13. The average molecular weight is 255 g/mol. The van der Waals surface area contributed by atoms with Crippen LogP contribution in [0.1, 0.15) is 12.8 Å². The maximum Gasteiger partial charge on any atom is 0.241 e. The van der Waals surface area contributed by atoms with E-state index in [9.17, 15) is 9.59 Å². The van der Waals surface area contributed by atoms with E-state index in [2.05, 4.69) is 10.6 Å². The second-order valence-electron chi connectivity index (χ2n) is 4.84. The van der Waals surface area contributed by atoms with Crippen LogP contribution < -0.4 is 10.6 Å². The van der Waals surface area contributed by atoms with Gasteiger partial charge in [0.25, 0.3) is 0 Å². The summed E-state index contributed by atoms with van der Waals surface area (Å²) >= 11 is 0. The Balaban J connectivity index is 1.75. The van der Waals surface area contributed by atoms with Gasteiger partial charge in [0.15, 0.2) is 0 Å². The first kappa shape index (κ1) is 13.3. The molecule has 2 N–H and O–H groups in total. The third-order valence-electron chi connectivity index (χ3n) is 3.66. The number of amides is 2. The van der Waals surface area contributed by atoms with Crippen LogP contribution in [0.25, 0.3) is 0 Å². The number of nitrogens with one attached hydrogen (secondary N) is 2. The molecule has 2 aliphatic rings. The van der Waals surface area contributed by atoms with Gasteiger partial charge in [-0.05, 0) is 19.9 Å². The molecule has 0 radical (unpaired) electrons. The van der Waals surface area contributed by atoms with Crippen molar-refractivity contribution in [2.75, 3.05) is 39.9 Å². The predicted octanol–water partition coefficient (Wildman–Crippen LogP) is -1.04. The van der Waals surface area contributed by atoms with Crippen LogP contribution in [0.2, 0.25) is 0 Å². The molecule has 0 saturated carbocycles. The smallest absolute Gasteiger partial charge is 0.241 e. The van der Waals surface area contributed by atoms with Crippen LogP contribution in [-0.4, -0.2) is 62.7 Å². The number of ether oxygens (including phenoxy) is 1. The van der Waals surface area contributed by atoms with E-state index < -0.39 is 0 Å². The van der Waals surface area contributed by atoms with Gasteiger partial charge in [-0.3, -0.25) is 9.59 Å². The van der Waals surface area contributed by atoms with E-state index in [1.807, 2.05) is 7.05 Å². The van der Waals surface area contributed by atoms with E-state index in [1.54, 1.807) is 4.90 Å². The van der Waals surface area contributed by atoms with E-state index in [4.69, 9.17) is 4.74 Å².